The fourth-order valence-electron chi connectivity index (χ4n) is 2.95. The van der Waals surface area contributed by atoms with Crippen molar-refractivity contribution in [2.45, 2.75) is 13.0 Å². The third kappa shape index (κ3) is 5.19. The normalized spacial score (nSPS) is 10.4. The number of nitrogens with zero attached hydrogens (tertiary/aromatic N) is 4. The Labute approximate surface area is 178 Å². The SMILES string of the molecule is NC(=O)c1ccc(Cn2nnc(-c3cccc(C#CCc4ccc(F)cc4)c3)n2)cc1. The fourth-order valence-corrected chi connectivity index (χ4v) is 2.95. The molecule has 1 amide bonds. The Balaban J connectivity index is 1.45. The maximum Gasteiger partial charge on any atom is 0.248 e. The Kier molecular flexibility index (Phi) is 5.81. The van der Waals surface area contributed by atoms with Gasteiger partial charge in [0.15, 0.2) is 0 Å². The van der Waals surface area contributed by atoms with E-state index in [1.54, 1.807) is 36.4 Å². The molecule has 0 saturated carbocycles. The number of primary amides is 1. The monoisotopic (exact) mass is 411 g/mol. The van der Waals surface area contributed by atoms with Crippen LogP contribution in [-0.4, -0.2) is 26.1 Å². The minimum Gasteiger partial charge on any atom is -0.366 e. The second-order valence-corrected chi connectivity index (χ2v) is 6.89. The van der Waals surface area contributed by atoms with E-state index in [1.165, 1.54) is 16.9 Å². The van der Waals surface area contributed by atoms with Crippen molar-refractivity contribution < 1.29 is 9.18 Å². The number of rotatable bonds is 5. The lowest BCUT2D eigenvalue weighted by Crippen LogP contribution is -2.11. The topological polar surface area (TPSA) is 86.7 Å². The van der Waals surface area contributed by atoms with E-state index < -0.39 is 5.91 Å². The molecule has 0 spiro atoms. The average Bonchev–Trinajstić information content (AvgIpc) is 3.24. The molecule has 0 fully saturated rings. The highest BCUT2D eigenvalue weighted by atomic mass is 19.1. The zero-order valence-electron chi connectivity index (χ0n) is 16.5. The van der Waals surface area contributed by atoms with Crippen LogP contribution in [0, 0.1) is 17.7 Å². The molecular weight excluding hydrogens is 393 g/mol. The molecule has 3 aromatic carbocycles. The van der Waals surface area contributed by atoms with Gasteiger partial charge in [0.25, 0.3) is 0 Å². The summed E-state index contributed by atoms with van der Waals surface area (Å²) in [7, 11) is 0. The van der Waals surface area contributed by atoms with Crippen LogP contribution in [0.15, 0.2) is 72.8 Å². The van der Waals surface area contributed by atoms with Crippen molar-refractivity contribution in [3.8, 4) is 23.2 Å². The molecule has 0 radical (unpaired) electrons. The molecule has 0 aliphatic rings. The van der Waals surface area contributed by atoms with Gasteiger partial charge in [-0.15, -0.1) is 10.2 Å². The number of halogens is 1. The number of aromatic nitrogens is 4. The number of hydrogen-bond donors (Lipinski definition) is 1. The van der Waals surface area contributed by atoms with Gasteiger partial charge in [-0.2, -0.15) is 4.80 Å². The molecule has 31 heavy (non-hydrogen) atoms. The zero-order valence-corrected chi connectivity index (χ0v) is 16.5. The quantitative estimate of drug-likeness (QED) is 0.511. The molecule has 0 saturated heterocycles. The van der Waals surface area contributed by atoms with Crippen LogP contribution < -0.4 is 5.73 Å². The van der Waals surface area contributed by atoms with Crippen molar-refractivity contribution in [2.75, 3.05) is 0 Å². The maximum atomic E-state index is 13.0. The van der Waals surface area contributed by atoms with Crippen LogP contribution in [-0.2, 0) is 13.0 Å². The van der Waals surface area contributed by atoms with Crippen molar-refractivity contribution in [2.24, 2.45) is 5.73 Å². The van der Waals surface area contributed by atoms with E-state index in [2.05, 4.69) is 27.3 Å². The number of hydrogen-bond acceptors (Lipinski definition) is 4. The molecule has 7 heteroatoms. The molecule has 152 valence electrons. The Morgan fingerprint density at radius 3 is 2.48 bits per heavy atom. The second kappa shape index (κ2) is 9.01. The van der Waals surface area contributed by atoms with E-state index in [-0.39, 0.29) is 5.82 Å². The van der Waals surface area contributed by atoms with E-state index in [4.69, 9.17) is 5.73 Å². The molecular formula is C24H18FN5O. The summed E-state index contributed by atoms with van der Waals surface area (Å²) in [5, 5.41) is 12.7. The molecule has 0 bridgehead atoms. The molecule has 0 aliphatic heterocycles. The lowest BCUT2D eigenvalue weighted by atomic mass is 10.1. The van der Waals surface area contributed by atoms with Crippen LogP contribution in [0.3, 0.4) is 0 Å². The molecule has 6 nitrogen and oxygen atoms in total. The summed E-state index contributed by atoms with van der Waals surface area (Å²) < 4.78 is 13.0. The van der Waals surface area contributed by atoms with Gasteiger partial charge in [0.1, 0.15) is 5.82 Å². The van der Waals surface area contributed by atoms with Gasteiger partial charge in [-0.25, -0.2) is 4.39 Å². The van der Waals surface area contributed by atoms with Crippen LogP contribution >= 0.6 is 0 Å². The van der Waals surface area contributed by atoms with Gasteiger partial charge < -0.3 is 5.73 Å². The summed E-state index contributed by atoms with van der Waals surface area (Å²) in [6.07, 6.45) is 0.535. The third-order valence-corrected chi connectivity index (χ3v) is 4.57. The number of carbonyl (C=O) groups is 1. The van der Waals surface area contributed by atoms with Crippen molar-refractivity contribution in [3.05, 3.63) is 101 Å². The van der Waals surface area contributed by atoms with Gasteiger partial charge in [0.05, 0.1) is 6.54 Å². The summed E-state index contributed by atoms with van der Waals surface area (Å²) in [5.41, 5.74) is 9.23. The predicted molar refractivity (Wildman–Crippen MR) is 114 cm³/mol. The lowest BCUT2D eigenvalue weighted by molar-refractivity contribution is 0.100. The maximum absolute atomic E-state index is 13.0. The summed E-state index contributed by atoms with van der Waals surface area (Å²) in [4.78, 5) is 12.7. The van der Waals surface area contributed by atoms with Gasteiger partial charge in [-0.1, -0.05) is 48.2 Å². The Morgan fingerprint density at radius 2 is 1.74 bits per heavy atom. The Bertz CT molecular complexity index is 1270. The largest absolute Gasteiger partial charge is 0.366 e. The molecule has 1 aromatic heterocycles. The highest BCUT2D eigenvalue weighted by Gasteiger charge is 2.07. The van der Waals surface area contributed by atoms with Gasteiger partial charge in [0.2, 0.25) is 11.7 Å². The van der Waals surface area contributed by atoms with Crippen molar-refractivity contribution in [3.63, 3.8) is 0 Å². The van der Waals surface area contributed by atoms with Crippen LogP contribution in [0.5, 0.6) is 0 Å². The van der Waals surface area contributed by atoms with Gasteiger partial charge >= 0.3 is 0 Å². The van der Waals surface area contributed by atoms with Crippen molar-refractivity contribution in [1.82, 2.24) is 20.2 Å². The third-order valence-electron chi connectivity index (χ3n) is 4.57. The molecule has 4 rings (SSSR count). The summed E-state index contributed by atoms with van der Waals surface area (Å²) in [6, 6.07) is 20.9. The fraction of sp³-hybridized carbons (Fsp3) is 0.0833. The smallest absolute Gasteiger partial charge is 0.248 e. The molecule has 4 aromatic rings. The first-order valence-electron chi connectivity index (χ1n) is 9.57. The van der Waals surface area contributed by atoms with E-state index in [0.29, 0.717) is 24.4 Å². The standard InChI is InChI=1S/C24H18FN5O/c25-22-13-9-17(10-14-22)3-1-4-18-5-2-6-21(15-18)24-27-29-30(28-24)16-19-7-11-20(12-8-19)23(26)31/h2,5-15H,3,16H2,(H2,26,31). The number of nitrogens with two attached hydrogens (primary N) is 1. The summed E-state index contributed by atoms with van der Waals surface area (Å²) in [6.45, 7) is 0.420. The first kappa shape index (κ1) is 20.0. The first-order chi connectivity index (χ1) is 15.1. The van der Waals surface area contributed by atoms with E-state index >= 15 is 0 Å². The van der Waals surface area contributed by atoms with E-state index in [1.807, 2.05) is 24.3 Å². The molecule has 1 heterocycles. The Hall–Kier alpha value is -4.31. The predicted octanol–water partition coefficient (Wildman–Crippen LogP) is 3.22. The minimum absolute atomic E-state index is 0.257. The first-order valence-corrected chi connectivity index (χ1v) is 9.57. The Morgan fingerprint density at radius 1 is 1.00 bits per heavy atom. The van der Waals surface area contributed by atoms with Crippen LogP contribution in [0.25, 0.3) is 11.4 Å². The van der Waals surface area contributed by atoms with Gasteiger partial charge in [-0.05, 0) is 52.7 Å². The van der Waals surface area contributed by atoms with Crippen LogP contribution in [0.1, 0.15) is 27.0 Å². The number of carbonyl (C=O) groups excluding carboxylic acids is 1. The lowest BCUT2D eigenvalue weighted by Gasteiger charge is -2.01. The average molecular weight is 411 g/mol. The van der Waals surface area contributed by atoms with Crippen molar-refractivity contribution >= 4 is 5.91 Å². The number of amides is 1. The number of benzene rings is 3. The molecule has 0 aliphatic carbocycles. The van der Waals surface area contributed by atoms with Crippen LogP contribution in [0.4, 0.5) is 4.39 Å². The second-order valence-electron chi connectivity index (χ2n) is 6.89. The summed E-state index contributed by atoms with van der Waals surface area (Å²) >= 11 is 0. The zero-order chi connectivity index (χ0) is 21.6. The van der Waals surface area contributed by atoms with Gasteiger partial charge in [-0.3, -0.25) is 4.79 Å². The highest BCUT2D eigenvalue weighted by Crippen LogP contribution is 2.15. The van der Waals surface area contributed by atoms with Crippen molar-refractivity contribution in [1.29, 1.82) is 0 Å². The summed E-state index contributed by atoms with van der Waals surface area (Å²) in [5.74, 6) is 5.99. The molecule has 0 atom stereocenters. The van der Waals surface area contributed by atoms with Gasteiger partial charge in [0, 0.05) is 23.1 Å². The minimum atomic E-state index is -0.464. The number of tetrazole rings is 1. The van der Waals surface area contributed by atoms with Crippen LogP contribution in [0.2, 0.25) is 0 Å². The van der Waals surface area contributed by atoms with E-state index in [9.17, 15) is 9.18 Å². The highest BCUT2D eigenvalue weighted by molar-refractivity contribution is 5.92. The van der Waals surface area contributed by atoms with E-state index in [0.717, 1.165) is 22.3 Å². The molecule has 0 unspecified atom stereocenters. The molecule has 2 N–H and O–H groups in total.